The Bertz CT molecular complexity index is 796. The molecule has 1 amide bonds. The topological polar surface area (TPSA) is 141 Å². The van der Waals surface area contributed by atoms with E-state index in [1.54, 1.807) is 6.92 Å². The van der Waals surface area contributed by atoms with Crippen molar-refractivity contribution in [3.63, 3.8) is 0 Å². The van der Waals surface area contributed by atoms with E-state index in [0.29, 0.717) is 12.2 Å². The van der Waals surface area contributed by atoms with Crippen molar-refractivity contribution in [2.75, 3.05) is 39.4 Å². The lowest BCUT2D eigenvalue weighted by Crippen LogP contribution is -2.38. The molecule has 3 rings (SSSR count). The predicted octanol–water partition coefficient (Wildman–Crippen LogP) is -0.0169. The molecule has 0 atom stereocenters. The number of nitrogens with one attached hydrogen (secondary N) is 1. The number of nitro groups is 1. The molecule has 146 valence electrons. The Morgan fingerprint density at radius 3 is 2.89 bits per heavy atom. The van der Waals surface area contributed by atoms with Gasteiger partial charge in [-0.25, -0.2) is 0 Å². The zero-order chi connectivity index (χ0) is 19.2. The van der Waals surface area contributed by atoms with E-state index in [1.807, 2.05) is 0 Å². The van der Waals surface area contributed by atoms with Crippen LogP contribution in [0.25, 0.3) is 0 Å². The third-order valence-corrected chi connectivity index (χ3v) is 4.15. The Labute approximate surface area is 154 Å². The lowest BCUT2D eigenvalue weighted by molar-refractivity contribution is -0.389. The van der Waals surface area contributed by atoms with Crippen molar-refractivity contribution in [2.24, 2.45) is 0 Å². The minimum Gasteiger partial charge on any atom is -0.379 e. The normalized spacial score (nSPS) is 15.0. The summed E-state index contributed by atoms with van der Waals surface area (Å²) >= 11 is 0. The Morgan fingerprint density at radius 2 is 2.19 bits per heavy atom. The highest BCUT2D eigenvalue weighted by Crippen LogP contribution is 2.12. The Balaban J connectivity index is 1.46. The predicted molar refractivity (Wildman–Crippen MR) is 91.2 cm³/mol. The highest BCUT2D eigenvalue weighted by molar-refractivity contribution is 5.89. The van der Waals surface area contributed by atoms with Crippen LogP contribution in [0, 0.1) is 17.0 Å². The second kappa shape index (κ2) is 8.68. The van der Waals surface area contributed by atoms with Gasteiger partial charge < -0.3 is 24.7 Å². The van der Waals surface area contributed by atoms with E-state index >= 15 is 0 Å². The zero-order valence-electron chi connectivity index (χ0n) is 15.0. The first-order valence-corrected chi connectivity index (χ1v) is 8.62. The minimum atomic E-state index is -0.574. The smallest absolute Gasteiger partial charge is 0.379 e. The standard InChI is InChI=1S/C15H21N7O5/c1-11-9-13(22(24)25)18-21(11)10-12-17-15(27-19-12)14(23)16-3-2-4-20-5-7-26-8-6-20/h9H,2-8,10H2,1H3,(H,16,23). The molecule has 1 N–H and O–H groups in total. The van der Waals surface area contributed by atoms with Gasteiger partial charge in [-0.15, -0.1) is 0 Å². The molecule has 12 heteroatoms. The molecule has 1 fully saturated rings. The van der Waals surface area contributed by atoms with Crippen LogP contribution in [0.5, 0.6) is 0 Å². The fraction of sp³-hybridized carbons (Fsp3) is 0.600. The second-order valence-corrected chi connectivity index (χ2v) is 6.14. The fourth-order valence-corrected chi connectivity index (χ4v) is 2.69. The fourth-order valence-electron chi connectivity index (χ4n) is 2.69. The number of rotatable bonds is 8. The average Bonchev–Trinajstić information content (AvgIpc) is 3.27. The minimum absolute atomic E-state index is 0.0769. The van der Waals surface area contributed by atoms with Crippen LogP contribution in [0.2, 0.25) is 0 Å². The molecule has 1 saturated heterocycles. The summed E-state index contributed by atoms with van der Waals surface area (Å²) in [6, 6.07) is 1.35. The van der Waals surface area contributed by atoms with E-state index in [1.165, 1.54) is 10.7 Å². The third kappa shape index (κ3) is 5.08. The van der Waals surface area contributed by atoms with Gasteiger partial charge in [0.05, 0.1) is 30.1 Å². The molecular formula is C15H21N7O5. The van der Waals surface area contributed by atoms with Crippen LogP contribution in [0.4, 0.5) is 5.82 Å². The maximum atomic E-state index is 12.1. The summed E-state index contributed by atoms with van der Waals surface area (Å²) in [5, 5.41) is 21.1. The molecule has 1 aliphatic heterocycles. The number of ether oxygens (including phenoxy) is 1. The number of morpholine rings is 1. The van der Waals surface area contributed by atoms with Crippen molar-refractivity contribution in [1.82, 2.24) is 30.1 Å². The van der Waals surface area contributed by atoms with E-state index in [2.05, 4.69) is 25.5 Å². The van der Waals surface area contributed by atoms with Crippen molar-refractivity contribution < 1.29 is 19.0 Å². The number of nitrogens with zero attached hydrogens (tertiary/aromatic N) is 6. The molecule has 0 aliphatic carbocycles. The van der Waals surface area contributed by atoms with Crippen molar-refractivity contribution >= 4 is 11.7 Å². The molecule has 12 nitrogen and oxygen atoms in total. The Kier molecular flexibility index (Phi) is 6.08. The van der Waals surface area contributed by atoms with Gasteiger partial charge in [0.2, 0.25) is 0 Å². The number of carbonyl (C=O) groups excluding carboxylic acids is 1. The molecule has 0 spiro atoms. The van der Waals surface area contributed by atoms with Crippen LogP contribution < -0.4 is 5.32 Å². The first-order valence-electron chi connectivity index (χ1n) is 8.62. The van der Waals surface area contributed by atoms with Gasteiger partial charge in [0.1, 0.15) is 6.54 Å². The molecule has 3 heterocycles. The number of hydrogen-bond donors (Lipinski definition) is 1. The summed E-state index contributed by atoms with van der Waals surface area (Å²) < 4.78 is 11.6. The van der Waals surface area contributed by atoms with Crippen LogP contribution in [-0.4, -0.2) is 75.0 Å². The molecule has 2 aromatic heterocycles. The SMILES string of the molecule is Cc1cc([N+](=O)[O-])nn1Cc1noc(C(=O)NCCCN2CCOCC2)n1. The van der Waals surface area contributed by atoms with E-state index < -0.39 is 10.8 Å². The van der Waals surface area contributed by atoms with Crippen LogP contribution in [0.15, 0.2) is 10.6 Å². The molecule has 1 aliphatic rings. The highest BCUT2D eigenvalue weighted by Gasteiger charge is 2.19. The average molecular weight is 379 g/mol. The second-order valence-electron chi connectivity index (χ2n) is 6.14. The van der Waals surface area contributed by atoms with Gasteiger partial charge in [0.15, 0.2) is 5.82 Å². The maximum absolute atomic E-state index is 12.1. The third-order valence-electron chi connectivity index (χ3n) is 4.15. The molecule has 2 aromatic rings. The molecule has 0 saturated carbocycles. The Morgan fingerprint density at radius 1 is 1.41 bits per heavy atom. The van der Waals surface area contributed by atoms with Gasteiger partial charge >= 0.3 is 17.6 Å². The van der Waals surface area contributed by atoms with Crippen molar-refractivity contribution in [1.29, 1.82) is 0 Å². The monoisotopic (exact) mass is 379 g/mol. The van der Waals surface area contributed by atoms with Gasteiger partial charge in [-0.1, -0.05) is 5.16 Å². The first kappa shape index (κ1) is 18.9. The summed E-state index contributed by atoms with van der Waals surface area (Å²) in [6.07, 6.45) is 0.808. The zero-order valence-corrected chi connectivity index (χ0v) is 15.0. The van der Waals surface area contributed by atoms with Gasteiger partial charge in [0, 0.05) is 19.6 Å². The Hall–Kier alpha value is -2.86. The first-order chi connectivity index (χ1) is 13.0. The van der Waals surface area contributed by atoms with Crippen molar-refractivity contribution in [3.8, 4) is 0 Å². The molecule has 0 aromatic carbocycles. The van der Waals surface area contributed by atoms with E-state index in [4.69, 9.17) is 9.26 Å². The van der Waals surface area contributed by atoms with Crippen LogP contribution >= 0.6 is 0 Å². The molecule has 0 radical (unpaired) electrons. The lowest BCUT2D eigenvalue weighted by atomic mass is 10.3. The summed E-state index contributed by atoms with van der Waals surface area (Å²) in [4.78, 5) is 28.6. The van der Waals surface area contributed by atoms with Gasteiger partial charge in [0.25, 0.3) is 0 Å². The van der Waals surface area contributed by atoms with E-state index in [9.17, 15) is 14.9 Å². The van der Waals surface area contributed by atoms with Gasteiger partial charge in [-0.3, -0.25) is 9.69 Å². The number of carbonyl (C=O) groups is 1. The highest BCUT2D eigenvalue weighted by atomic mass is 16.6. The summed E-state index contributed by atoms with van der Waals surface area (Å²) in [5.41, 5.74) is 0.584. The largest absolute Gasteiger partial charge is 0.390 e. The van der Waals surface area contributed by atoms with Crippen molar-refractivity contribution in [3.05, 3.63) is 33.6 Å². The van der Waals surface area contributed by atoms with Crippen LogP contribution in [0.3, 0.4) is 0 Å². The lowest BCUT2D eigenvalue weighted by Gasteiger charge is -2.26. The number of aromatic nitrogens is 4. The molecule has 0 unspecified atom stereocenters. The van der Waals surface area contributed by atoms with Gasteiger partial charge in [-0.2, -0.15) is 9.67 Å². The van der Waals surface area contributed by atoms with E-state index in [-0.39, 0.29) is 24.1 Å². The summed E-state index contributed by atoms with van der Waals surface area (Å²) in [7, 11) is 0. The molecule has 0 bridgehead atoms. The quantitative estimate of drug-likeness (QED) is 0.380. The molecule has 27 heavy (non-hydrogen) atoms. The number of amides is 1. The van der Waals surface area contributed by atoms with Crippen LogP contribution in [0.1, 0.15) is 28.6 Å². The van der Waals surface area contributed by atoms with Gasteiger partial charge in [-0.05, 0) is 24.8 Å². The van der Waals surface area contributed by atoms with Crippen molar-refractivity contribution in [2.45, 2.75) is 19.9 Å². The van der Waals surface area contributed by atoms with E-state index in [0.717, 1.165) is 39.3 Å². The maximum Gasteiger partial charge on any atom is 0.390 e. The number of aryl methyl sites for hydroxylation is 1. The molecular weight excluding hydrogens is 358 g/mol. The van der Waals surface area contributed by atoms with Crippen LogP contribution in [-0.2, 0) is 11.3 Å². The number of hydrogen-bond acceptors (Lipinski definition) is 9. The summed E-state index contributed by atoms with van der Waals surface area (Å²) in [6.45, 7) is 6.45. The summed E-state index contributed by atoms with van der Waals surface area (Å²) in [5.74, 6) is -0.627.